The fourth-order valence-corrected chi connectivity index (χ4v) is 5.02. The fraction of sp³-hybridized carbons (Fsp3) is 0.462. The Hall–Kier alpha value is -2.78. The number of morpholine rings is 1. The van der Waals surface area contributed by atoms with E-state index in [1.165, 1.54) is 0 Å². The highest BCUT2D eigenvalue weighted by atomic mass is 16.5. The maximum Gasteiger partial charge on any atom is 0.274 e. The number of hydrogen-bond acceptors (Lipinski definition) is 6. The van der Waals surface area contributed by atoms with Crippen molar-refractivity contribution in [3.8, 4) is 0 Å². The lowest BCUT2D eigenvalue weighted by molar-refractivity contribution is 0.0267. The lowest BCUT2D eigenvalue weighted by Crippen LogP contribution is -2.58. The predicted molar refractivity (Wildman–Crippen MR) is 129 cm³/mol. The van der Waals surface area contributed by atoms with Gasteiger partial charge in [-0.2, -0.15) is 0 Å². The molecular weight excluding hydrogens is 432 g/mol. The minimum atomic E-state index is -0.519. The zero-order chi connectivity index (χ0) is 24.1. The first-order valence-electron chi connectivity index (χ1n) is 11.9. The molecule has 2 heterocycles. The van der Waals surface area contributed by atoms with E-state index in [1.807, 2.05) is 35.2 Å². The van der Waals surface area contributed by atoms with Crippen LogP contribution in [0, 0.1) is 0 Å². The van der Waals surface area contributed by atoms with Crippen molar-refractivity contribution in [1.29, 1.82) is 0 Å². The summed E-state index contributed by atoms with van der Waals surface area (Å²) in [5.74, 6) is -0.433. The van der Waals surface area contributed by atoms with E-state index in [-0.39, 0.29) is 18.0 Å². The molecule has 0 aliphatic carbocycles. The molecule has 2 fully saturated rings. The average molecular weight is 467 g/mol. The van der Waals surface area contributed by atoms with Crippen LogP contribution < -0.4 is 5.48 Å². The molecule has 0 spiro atoms. The summed E-state index contributed by atoms with van der Waals surface area (Å²) >= 11 is 0. The molecule has 2 aromatic rings. The van der Waals surface area contributed by atoms with E-state index >= 15 is 0 Å². The van der Waals surface area contributed by atoms with Crippen LogP contribution in [0.15, 0.2) is 48.5 Å². The molecule has 182 valence electrons. The van der Waals surface area contributed by atoms with Gasteiger partial charge in [0.2, 0.25) is 0 Å². The smallest absolute Gasteiger partial charge is 0.274 e. The molecule has 2 atom stereocenters. The molecule has 2 aromatic carbocycles. The van der Waals surface area contributed by atoms with E-state index in [9.17, 15) is 9.59 Å². The minimum absolute atomic E-state index is 0.0820. The molecule has 8 nitrogen and oxygen atoms in total. The molecular formula is C26H34N4O4. The molecule has 0 unspecified atom stereocenters. The summed E-state index contributed by atoms with van der Waals surface area (Å²) in [5, 5.41) is 8.77. The summed E-state index contributed by atoms with van der Waals surface area (Å²) in [7, 11) is 0. The van der Waals surface area contributed by atoms with Crippen molar-refractivity contribution in [3.05, 3.63) is 70.8 Å². The highest BCUT2D eigenvalue weighted by Crippen LogP contribution is 2.22. The van der Waals surface area contributed by atoms with Gasteiger partial charge in [0.05, 0.1) is 13.2 Å². The molecule has 2 amide bonds. The highest BCUT2D eigenvalue weighted by molar-refractivity contribution is 5.95. The molecule has 2 aliphatic heterocycles. The fourth-order valence-electron chi connectivity index (χ4n) is 5.02. The molecule has 0 aromatic heterocycles. The summed E-state index contributed by atoms with van der Waals surface area (Å²) in [4.78, 5) is 31.7. The Bertz CT molecular complexity index is 979. The van der Waals surface area contributed by atoms with Crippen LogP contribution in [0.25, 0.3) is 0 Å². The Balaban J connectivity index is 1.38. The third kappa shape index (κ3) is 5.82. The standard InChI is InChI=1S/C26H34N4O4/c1-19-15-29(17-21-6-8-23(9-7-21)25(31)27-33)16-20(2)30(19)26(32)24-5-3-4-22(14-24)18-28-10-12-34-13-11-28/h3-9,14,19-20,33H,10-13,15-18H2,1-2H3,(H,27,31)/t19-,20+. The predicted octanol–water partition coefficient (Wildman–Crippen LogP) is 2.37. The van der Waals surface area contributed by atoms with Crippen LogP contribution in [0.5, 0.6) is 0 Å². The molecule has 2 saturated heterocycles. The maximum absolute atomic E-state index is 13.5. The van der Waals surface area contributed by atoms with Gasteiger partial charge in [-0.15, -0.1) is 0 Å². The SMILES string of the molecule is C[C@@H]1CN(Cc2ccc(C(=O)NO)cc2)C[C@H](C)N1C(=O)c1cccc(CN2CCOCC2)c1. The van der Waals surface area contributed by atoms with E-state index in [4.69, 9.17) is 9.94 Å². The van der Waals surface area contributed by atoms with Crippen LogP contribution in [-0.2, 0) is 17.8 Å². The van der Waals surface area contributed by atoms with Gasteiger partial charge in [-0.05, 0) is 49.2 Å². The van der Waals surface area contributed by atoms with Crippen molar-refractivity contribution in [3.63, 3.8) is 0 Å². The third-order valence-corrected chi connectivity index (χ3v) is 6.64. The second kappa shape index (κ2) is 11.1. The lowest BCUT2D eigenvalue weighted by atomic mass is 10.0. The molecule has 0 radical (unpaired) electrons. The molecule has 2 N–H and O–H groups in total. The summed E-state index contributed by atoms with van der Waals surface area (Å²) in [5.41, 5.74) is 5.06. The summed E-state index contributed by atoms with van der Waals surface area (Å²) in [6.07, 6.45) is 0. The first-order valence-corrected chi connectivity index (χ1v) is 11.9. The van der Waals surface area contributed by atoms with Gasteiger partial charge in [0.15, 0.2) is 0 Å². The van der Waals surface area contributed by atoms with Crippen LogP contribution >= 0.6 is 0 Å². The molecule has 34 heavy (non-hydrogen) atoms. The Morgan fingerprint density at radius 3 is 2.21 bits per heavy atom. The normalized spacial score (nSPS) is 21.9. The second-order valence-electron chi connectivity index (χ2n) is 9.33. The van der Waals surface area contributed by atoms with Crippen LogP contribution in [0.4, 0.5) is 0 Å². The van der Waals surface area contributed by atoms with Gasteiger partial charge in [0.1, 0.15) is 0 Å². The number of benzene rings is 2. The lowest BCUT2D eigenvalue weighted by Gasteiger charge is -2.44. The van der Waals surface area contributed by atoms with Gasteiger partial charge >= 0.3 is 0 Å². The first-order chi connectivity index (χ1) is 16.4. The summed E-state index contributed by atoms with van der Waals surface area (Å²) in [6.45, 7) is 10.7. The van der Waals surface area contributed by atoms with E-state index in [1.54, 1.807) is 17.6 Å². The Morgan fingerprint density at radius 1 is 0.912 bits per heavy atom. The number of carbonyl (C=O) groups excluding carboxylic acids is 2. The van der Waals surface area contributed by atoms with Gasteiger partial charge in [0.25, 0.3) is 11.8 Å². The zero-order valence-electron chi connectivity index (χ0n) is 19.9. The number of piperazine rings is 1. The van der Waals surface area contributed by atoms with Gasteiger partial charge in [0, 0.05) is 62.5 Å². The van der Waals surface area contributed by atoms with Crippen molar-refractivity contribution in [2.45, 2.75) is 39.0 Å². The summed E-state index contributed by atoms with van der Waals surface area (Å²) in [6, 6.07) is 15.4. The van der Waals surface area contributed by atoms with E-state index in [0.717, 1.165) is 69.2 Å². The van der Waals surface area contributed by atoms with Gasteiger partial charge in [-0.25, -0.2) is 5.48 Å². The van der Waals surface area contributed by atoms with Gasteiger partial charge < -0.3 is 9.64 Å². The summed E-state index contributed by atoms with van der Waals surface area (Å²) < 4.78 is 5.44. The number of nitrogens with one attached hydrogen (secondary N) is 1. The van der Waals surface area contributed by atoms with Crippen LogP contribution in [0.1, 0.15) is 45.7 Å². The highest BCUT2D eigenvalue weighted by Gasteiger charge is 2.33. The van der Waals surface area contributed by atoms with E-state index in [0.29, 0.717) is 5.56 Å². The Kier molecular flexibility index (Phi) is 7.95. The van der Waals surface area contributed by atoms with Crippen LogP contribution in [0.3, 0.4) is 0 Å². The largest absolute Gasteiger partial charge is 0.379 e. The topological polar surface area (TPSA) is 85.4 Å². The molecule has 4 rings (SSSR count). The van der Waals surface area contributed by atoms with Crippen molar-refractivity contribution in [2.75, 3.05) is 39.4 Å². The number of rotatable bonds is 6. The zero-order valence-corrected chi connectivity index (χ0v) is 19.9. The minimum Gasteiger partial charge on any atom is -0.379 e. The number of hydroxylamine groups is 1. The van der Waals surface area contributed by atoms with E-state index < -0.39 is 5.91 Å². The van der Waals surface area contributed by atoms with Crippen molar-refractivity contribution < 1.29 is 19.5 Å². The molecule has 8 heteroatoms. The van der Waals surface area contributed by atoms with E-state index in [2.05, 4.69) is 29.7 Å². The second-order valence-corrected chi connectivity index (χ2v) is 9.33. The Labute approximate surface area is 201 Å². The van der Waals surface area contributed by atoms with Crippen LogP contribution in [-0.4, -0.2) is 83.2 Å². The number of hydrogen-bond donors (Lipinski definition) is 2. The average Bonchev–Trinajstić information content (AvgIpc) is 2.84. The number of ether oxygens (including phenoxy) is 1. The Morgan fingerprint density at radius 2 is 1.56 bits per heavy atom. The molecule has 2 aliphatic rings. The van der Waals surface area contributed by atoms with Crippen molar-refractivity contribution in [1.82, 2.24) is 20.2 Å². The van der Waals surface area contributed by atoms with Crippen molar-refractivity contribution in [2.24, 2.45) is 0 Å². The number of nitrogens with zero attached hydrogens (tertiary/aromatic N) is 3. The monoisotopic (exact) mass is 466 g/mol. The third-order valence-electron chi connectivity index (χ3n) is 6.64. The number of carbonyl (C=O) groups is 2. The van der Waals surface area contributed by atoms with Crippen LogP contribution in [0.2, 0.25) is 0 Å². The first kappa shape index (κ1) is 24.3. The maximum atomic E-state index is 13.5. The quantitative estimate of drug-likeness (QED) is 0.502. The number of amides is 2. The molecule has 0 bridgehead atoms. The molecule has 0 saturated carbocycles. The van der Waals surface area contributed by atoms with Gasteiger partial charge in [-0.1, -0.05) is 24.3 Å². The van der Waals surface area contributed by atoms with Crippen molar-refractivity contribution >= 4 is 11.8 Å². The van der Waals surface area contributed by atoms with Gasteiger partial charge in [-0.3, -0.25) is 24.6 Å².